The molecule has 0 saturated heterocycles. The summed E-state index contributed by atoms with van der Waals surface area (Å²) < 4.78 is 1.32. The molecule has 0 aliphatic carbocycles. The van der Waals surface area contributed by atoms with E-state index in [1.807, 2.05) is 23.5 Å². The number of rotatable bonds is 5. The molecule has 36 heavy (non-hydrogen) atoms. The van der Waals surface area contributed by atoms with E-state index in [9.17, 15) is 0 Å². The van der Waals surface area contributed by atoms with Crippen LogP contribution in [-0.2, 0) is 0 Å². The standard InChI is InChI=1S/C35H26S/c1-4-29-30(5-2)35(27-19-20-33-28(22-27)21-23(3)36-33)32-14-10-9-13-31(32)34(29)26-17-15-25(16-18-26)24-11-7-6-8-12-24/h4-22H,1-2H2,3H3. The van der Waals surface area contributed by atoms with Crippen LogP contribution in [0.3, 0.4) is 0 Å². The molecule has 0 amide bonds. The molecule has 0 nitrogen and oxygen atoms in total. The van der Waals surface area contributed by atoms with Crippen LogP contribution in [0.15, 0.2) is 116 Å². The number of hydrogen-bond acceptors (Lipinski definition) is 1. The summed E-state index contributed by atoms with van der Waals surface area (Å²) in [5.41, 5.74) is 9.48. The van der Waals surface area contributed by atoms with E-state index in [1.54, 1.807) is 0 Å². The molecule has 5 aromatic carbocycles. The monoisotopic (exact) mass is 478 g/mol. The molecular weight excluding hydrogens is 452 g/mol. The van der Waals surface area contributed by atoms with E-state index < -0.39 is 0 Å². The fraction of sp³-hybridized carbons (Fsp3) is 0.0286. The van der Waals surface area contributed by atoms with Crippen molar-refractivity contribution >= 4 is 44.3 Å². The third-order valence-corrected chi connectivity index (χ3v) is 7.94. The Morgan fingerprint density at radius 2 is 1.08 bits per heavy atom. The molecule has 0 unspecified atom stereocenters. The van der Waals surface area contributed by atoms with Gasteiger partial charge in [0.05, 0.1) is 0 Å². The third-order valence-electron chi connectivity index (χ3n) is 6.91. The van der Waals surface area contributed by atoms with E-state index in [4.69, 9.17) is 0 Å². The van der Waals surface area contributed by atoms with Crippen molar-refractivity contribution < 1.29 is 0 Å². The molecule has 6 rings (SSSR count). The molecule has 1 aromatic heterocycles. The van der Waals surface area contributed by atoms with Gasteiger partial charge in [0.2, 0.25) is 0 Å². The van der Waals surface area contributed by atoms with E-state index in [0.717, 1.165) is 11.1 Å². The Labute approximate surface area is 216 Å². The highest BCUT2D eigenvalue weighted by Gasteiger charge is 2.19. The molecule has 0 radical (unpaired) electrons. The van der Waals surface area contributed by atoms with Gasteiger partial charge in [-0.05, 0) is 85.8 Å². The lowest BCUT2D eigenvalue weighted by Gasteiger charge is -2.20. The van der Waals surface area contributed by atoms with E-state index in [0.29, 0.717) is 0 Å². The van der Waals surface area contributed by atoms with Crippen molar-refractivity contribution in [2.45, 2.75) is 6.92 Å². The summed E-state index contributed by atoms with van der Waals surface area (Å²) in [4.78, 5) is 1.33. The Morgan fingerprint density at radius 1 is 0.556 bits per heavy atom. The zero-order chi connectivity index (χ0) is 24.6. The minimum atomic E-state index is 1.12. The zero-order valence-corrected chi connectivity index (χ0v) is 21.1. The van der Waals surface area contributed by atoms with Gasteiger partial charge in [0.15, 0.2) is 0 Å². The van der Waals surface area contributed by atoms with Crippen molar-refractivity contribution in [1.82, 2.24) is 0 Å². The fourth-order valence-corrected chi connectivity index (χ4v) is 6.22. The highest BCUT2D eigenvalue weighted by atomic mass is 32.1. The predicted octanol–water partition coefficient (Wildman–Crippen LogP) is 10.6. The Morgan fingerprint density at radius 3 is 1.72 bits per heavy atom. The van der Waals surface area contributed by atoms with Crippen LogP contribution in [0.1, 0.15) is 16.0 Å². The summed E-state index contributed by atoms with van der Waals surface area (Å²) in [5.74, 6) is 0. The number of aryl methyl sites for hydroxylation is 1. The highest BCUT2D eigenvalue weighted by Crippen LogP contribution is 2.44. The Bertz CT molecular complexity index is 1750. The second-order valence-corrected chi connectivity index (χ2v) is 10.4. The average molecular weight is 479 g/mol. The minimum Gasteiger partial charge on any atom is -0.141 e. The first-order chi connectivity index (χ1) is 17.7. The van der Waals surface area contributed by atoms with Crippen LogP contribution in [0.25, 0.3) is 66.4 Å². The molecule has 0 bridgehead atoms. The quantitative estimate of drug-likeness (QED) is 0.231. The summed E-state index contributed by atoms with van der Waals surface area (Å²) in [6.45, 7) is 10.7. The minimum absolute atomic E-state index is 1.12. The largest absolute Gasteiger partial charge is 0.141 e. The van der Waals surface area contributed by atoms with Crippen LogP contribution < -0.4 is 0 Å². The van der Waals surface area contributed by atoms with Crippen LogP contribution in [0, 0.1) is 6.92 Å². The molecule has 172 valence electrons. The van der Waals surface area contributed by atoms with Crippen LogP contribution in [0.2, 0.25) is 0 Å². The van der Waals surface area contributed by atoms with Crippen LogP contribution >= 0.6 is 11.3 Å². The predicted molar refractivity (Wildman–Crippen MR) is 161 cm³/mol. The lowest BCUT2D eigenvalue weighted by Crippen LogP contribution is -1.96. The highest BCUT2D eigenvalue weighted by molar-refractivity contribution is 7.19. The summed E-state index contributed by atoms with van der Waals surface area (Å²) in [6, 6.07) is 37.2. The second-order valence-electron chi connectivity index (χ2n) is 9.08. The SMILES string of the molecule is C=Cc1c(C=C)c(-c2ccc3sc(C)cc3c2)c2ccccc2c1-c1ccc(-c2ccccc2)cc1. The molecular formula is C35H26S. The molecule has 1 heterocycles. The molecule has 6 aromatic rings. The van der Waals surface area contributed by atoms with E-state index in [2.05, 4.69) is 123 Å². The van der Waals surface area contributed by atoms with Crippen LogP contribution in [0.4, 0.5) is 0 Å². The summed E-state index contributed by atoms with van der Waals surface area (Å²) in [6.07, 6.45) is 3.98. The van der Waals surface area contributed by atoms with Crippen LogP contribution in [-0.4, -0.2) is 0 Å². The molecule has 0 fully saturated rings. The van der Waals surface area contributed by atoms with Gasteiger partial charge in [-0.3, -0.25) is 0 Å². The number of hydrogen-bond donors (Lipinski definition) is 0. The molecule has 0 aliphatic rings. The van der Waals surface area contributed by atoms with E-state index in [-0.39, 0.29) is 0 Å². The molecule has 0 aliphatic heterocycles. The van der Waals surface area contributed by atoms with Crippen molar-refractivity contribution in [2.75, 3.05) is 0 Å². The normalized spacial score (nSPS) is 11.1. The molecule has 0 spiro atoms. The summed E-state index contributed by atoms with van der Waals surface area (Å²) >= 11 is 1.84. The van der Waals surface area contributed by atoms with Crippen molar-refractivity contribution in [3.8, 4) is 33.4 Å². The maximum absolute atomic E-state index is 4.24. The third kappa shape index (κ3) is 3.69. The maximum atomic E-state index is 4.24. The topological polar surface area (TPSA) is 0 Å². The molecule has 1 heteroatoms. The smallest absolute Gasteiger partial charge is 0.0345 e. The van der Waals surface area contributed by atoms with E-state index in [1.165, 1.54) is 59.1 Å². The van der Waals surface area contributed by atoms with Gasteiger partial charge < -0.3 is 0 Å². The van der Waals surface area contributed by atoms with Gasteiger partial charge in [0.1, 0.15) is 0 Å². The Balaban J connectivity index is 1.62. The maximum Gasteiger partial charge on any atom is 0.0345 e. The Hall–Kier alpha value is -4.20. The fourth-order valence-electron chi connectivity index (χ4n) is 5.32. The van der Waals surface area contributed by atoms with Gasteiger partial charge in [-0.1, -0.05) is 110 Å². The van der Waals surface area contributed by atoms with Crippen molar-refractivity contribution in [2.24, 2.45) is 0 Å². The first-order valence-corrected chi connectivity index (χ1v) is 13.0. The van der Waals surface area contributed by atoms with Gasteiger partial charge in [-0.2, -0.15) is 0 Å². The van der Waals surface area contributed by atoms with Gasteiger partial charge in [-0.15, -0.1) is 11.3 Å². The Kier molecular flexibility index (Phi) is 5.64. The first kappa shape index (κ1) is 22.3. The molecule has 0 atom stereocenters. The van der Waals surface area contributed by atoms with E-state index >= 15 is 0 Å². The summed E-state index contributed by atoms with van der Waals surface area (Å²) in [5, 5.41) is 3.74. The van der Waals surface area contributed by atoms with Gasteiger partial charge >= 0.3 is 0 Å². The summed E-state index contributed by atoms with van der Waals surface area (Å²) in [7, 11) is 0. The number of fused-ring (bicyclic) bond motifs is 2. The number of thiophene rings is 1. The molecule has 0 N–H and O–H groups in total. The lowest BCUT2D eigenvalue weighted by molar-refractivity contribution is 1.58. The van der Waals surface area contributed by atoms with Crippen LogP contribution in [0.5, 0.6) is 0 Å². The van der Waals surface area contributed by atoms with Gasteiger partial charge in [-0.25, -0.2) is 0 Å². The average Bonchev–Trinajstić information content (AvgIpc) is 3.31. The van der Waals surface area contributed by atoms with Crippen molar-refractivity contribution in [3.63, 3.8) is 0 Å². The van der Waals surface area contributed by atoms with Crippen molar-refractivity contribution in [1.29, 1.82) is 0 Å². The van der Waals surface area contributed by atoms with Gasteiger partial charge in [0.25, 0.3) is 0 Å². The van der Waals surface area contributed by atoms with Gasteiger partial charge in [0, 0.05) is 9.58 Å². The van der Waals surface area contributed by atoms with Crippen molar-refractivity contribution in [3.05, 3.63) is 132 Å². The second kappa shape index (κ2) is 9.11. The zero-order valence-electron chi connectivity index (χ0n) is 20.3. The first-order valence-electron chi connectivity index (χ1n) is 12.2. The molecule has 0 saturated carbocycles. The number of benzene rings is 5. The lowest BCUT2D eigenvalue weighted by atomic mass is 9.83.